The average molecular weight is 453 g/mol. The quantitative estimate of drug-likeness (QED) is 0.305. The Labute approximate surface area is 189 Å². The highest BCUT2D eigenvalue weighted by molar-refractivity contribution is 7.99. The van der Waals surface area contributed by atoms with E-state index in [4.69, 9.17) is 5.11 Å². The van der Waals surface area contributed by atoms with Crippen molar-refractivity contribution in [3.05, 3.63) is 54.4 Å². The number of aryl methyl sites for hydroxylation is 1. The average Bonchev–Trinajstić information content (AvgIpc) is 3.38. The van der Waals surface area contributed by atoms with Gasteiger partial charge in [0.05, 0.1) is 13.2 Å². The van der Waals surface area contributed by atoms with Gasteiger partial charge in [-0.1, -0.05) is 0 Å². The number of rotatable bonds is 9. The fourth-order valence-electron chi connectivity index (χ4n) is 3.05. The number of aromatic amines is 1. The van der Waals surface area contributed by atoms with Gasteiger partial charge in [0.25, 0.3) is 0 Å². The van der Waals surface area contributed by atoms with Gasteiger partial charge in [-0.15, -0.1) is 0 Å². The van der Waals surface area contributed by atoms with Crippen LogP contribution >= 0.6 is 11.8 Å². The summed E-state index contributed by atoms with van der Waals surface area (Å²) >= 11 is 1.43. The minimum atomic E-state index is -0.132. The van der Waals surface area contributed by atoms with E-state index in [-0.39, 0.29) is 19.1 Å². The second kappa shape index (κ2) is 9.81. The number of nitrogens with zero attached hydrogens (tertiary/aromatic N) is 5. The van der Waals surface area contributed by atoms with Gasteiger partial charge in [0.1, 0.15) is 5.65 Å². The van der Waals surface area contributed by atoms with Crippen LogP contribution in [0.25, 0.3) is 5.65 Å². The molecule has 4 aromatic rings. The molecule has 0 aliphatic heterocycles. The van der Waals surface area contributed by atoms with E-state index < -0.39 is 0 Å². The first-order valence-electron chi connectivity index (χ1n) is 10.0. The minimum Gasteiger partial charge on any atom is -0.395 e. The van der Waals surface area contributed by atoms with E-state index in [1.54, 1.807) is 11.9 Å². The molecule has 0 aliphatic carbocycles. The van der Waals surface area contributed by atoms with Crippen LogP contribution in [0, 0.1) is 6.92 Å². The number of hydrogen-bond donors (Lipinski definition) is 4. The lowest BCUT2D eigenvalue weighted by Crippen LogP contribution is -2.32. The summed E-state index contributed by atoms with van der Waals surface area (Å²) in [5, 5.41) is 22.7. The molecule has 0 spiro atoms. The molecule has 0 radical (unpaired) electrons. The Hall–Kier alpha value is -3.41. The summed E-state index contributed by atoms with van der Waals surface area (Å²) in [6, 6.07) is 13.2. The fraction of sp³-hybridized carbons (Fsp3) is 0.238. The molecular weight excluding hydrogens is 428 g/mol. The number of H-pyrrole nitrogens is 1. The topological polar surface area (TPSA) is 123 Å². The van der Waals surface area contributed by atoms with Crippen molar-refractivity contribution in [2.75, 3.05) is 37.4 Å². The van der Waals surface area contributed by atoms with Gasteiger partial charge in [0, 0.05) is 35.1 Å². The maximum atomic E-state index is 12.1. The summed E-state index contributed by atoms with van der Waals surface area (Å²) in [4.78, 5) is 24.0. The molecule has 0 saturated carbocycles. The predicted octanol–water partition coefficient (Wildman–Crippen LogP) is 2.52. The van der Waals surface area contributed by atoms with Gasteiger partial charge in [0.15, 0.2) is 11.0 Å². The predicted molar refractivity (Wildman–Crippen MR) is 123 cm³/mol. The molecule has 1 aromatic carbocycles. The number of likely N-dealkylation sites (N-methyl/N-ethyl adjacent to an activating group) is 1. The third kappa shape index (κ3) is 5.44. The molecule has 11 heteroatoms. The standard InChI is InChI=1S/C21H24N8O2S/c1-14-12-17(27-26-14)23-20-25-21(24-18-4-3-9-29(18)20)32-16-7-5-15(6-8-16)22-19(31)13-28(2)10-11-30/h3-9,12,30H,10-11,13H2,1-2H3,(H,22,31)(H2,23,24,25,26,27). The zero-order valence-corrected chi connectivity index (χ0v) is 18.6. The van der Waals surface area contributed by atoms with Crippen LogP contribution in [0.1, 0.15) is 5.69 Å². The summed E-state index contributed by atoms with van der Waals surface area (Å²) in [5.74, 6) is 1.16. The number of benzene rings is 1. The molecule has 166 valence electrons. The first-order chi connectivity index (χ1) is 15.5. The summed E-state index contributed by atoms with van der Waals surface area (Å²) < 4.78 is 1.86. The molecule has 0 atom stereocenters. The summed E-state index contributed by atoms with van der Waals surface area (Å²) in [6.07, 6.45) is 1.89. The van der Waals surface area contributed by atoms with Crippen LogP contribution in [0.5, 0.6) is 0 Å². The van der Waals surface area contributed by atoms with Crippen LogP contribution in [-0.2, 0) is 4.79 Å². The Kier molecular flexibility index (Phi) is 6.69. The zero-order chi connectivity index (χ0) is 22.5. The number of nitrogens with one attached hydrogen (secondary N) is 3. The normalized spacial score (nSPS) is 11.2. The molecule has 0 bridgehead atoms. The van der Waals surface area contributed by atoms with Crippen LogP contribution in [0.4, 0.5) is 17.5 Å². The van der Waals surface area contributed by atoms with E-state index in [9.17, 15) is 4.79 Å². The van der Waals surface area contributed by atoms with Gasteiger partial charge in [0.2, 0.25) is 11.9 Å². The third-order valence-corrected chi connectivity index (χ3v) is 5.43. The Bertz CT molecular complexity index is 1200. The molecule has 32 heavy (non-hydrogen) atoms. The van der Waals surface area contributed by atoms with E-state index in [0.717, 1.165) is 16.2 Å². The van der Waals surface area contributed by atoms with Crippen LogP contribution in [0.3, 0.4) is 0 Å². The van der Waals surface area contributed by atoms with Crippen molar-refractivity contribution in [1.29, 1.82) is 0 Å². The maximum Gasteiger partial charge on any atom is 0.238 e. The lowest BCUT2D eigenvalue weighted by molar-refractivity contribution is -0.117. The number of carbonyl (C=O) groups is 1. The lowest BCUT2D eigenvalue weighted by atomic mass is 10.3. The van der Waals surface area contributed by atoms with E-state index >= 15 is 0 Å². The van der Waals surface area contributed by atoms with Gasteiger partial charge in [-0.05, 0) is 62.1 Å². The van der Waals surface area contributed by atoms with Crippen molar-refractivity contribution >= 4 is 40.8 Å². The molecule has 0 saturated heterocycles. The molecule has 0 unspecified atom stereocenters. The van der Waals surface area contributed by atoms with Crippen molar-refractivity contribution in [3.63, 3.8) is 0 Å². The molecular formula is C21H24N8O2S. The number of aliphatic hydroxyl groups excluding tert-OH is 1. The van der Waals surface area contributed by atoms with Crippen molar-refractivity contribution in [1.82, 2.24) is 29.5 Å². The number of anilines is 3. The SMILES string of the molecule is Cc1cc(Nc2nc(Sc3ccc(NC(=O)CN(C)CCO)cc3)nc3cccn23)n[nH]1. The number of fused-ring (bicyclic) bond motifs is 1. The minimum absolute atomic E-state index is 0.0192. The van der Waals surface area contributed by atoms with Crippen LogP contribution in [-0.4, -0.2) is 67.2 Å². The molecule has 0 fully saturated rings. The van der Waals surface area contributed by atoms with E-state index in [1.807, 2.05) is 60.0 Å². The highest BCUT2D eigenvalue weighted by Gasteiger charge is 2.11. The van der Waals surface area contributed by atoms with Crippen LogP contribution < -0.4 is 10.6 Å². The fourth-order valence-corrected chi connectivity index (χ4v) is 3.80. The Morgan fingerprint density at radius 2 is 2.06 bits per heavy atom. The van der Waals surface area contributed by atoms with Crippen molar-refractivity contribution < 1.29 is 9.90 Å². The molecule has 10 nitrogen and oxygen atoms in total. The Balaban J connectivity index is 1.45. The van der Waals surface area contributed by atoms with Gasteiger partial charge < -0.3 is 15.7 Å². The molecule has 3 heterocycles. The summed E-state index contributed by atoms with van der Waals surface area (Å²) in [5.41, 5.74) is 2.43. The van der Waals surface area contributed by atoms with Gasteiger partial charge in [-0.2, -0.15) is 10.1 Å². The monoisotopic (exact) mass is 452 g/mol. The number of carbonyl (C=O) groups excluding carboxylic acids is 1. The van der Waals surface area contributed by atoms with E-state index in [1.165, 1.54) is 11.8 Å². The first kappa shape index (κ1) is 21.8. The highest BCUT2D eigenvalue weighted by Crippen LogP contribution is 2.28. The first-order valence-corrected chi connectivity index (χ1v) is 10.8. The second-order valence-corrected chi connectivity index (χ2v) is 8.30. The van der Waals surface area contributed by atoms with Gasteiger partial charge in [-0.3, -0.25) is 19.2 Å². The molecule has 4 N–H and O–H groups in total. The Morgan fingerprint density at radius 3 is 2.78 bits per heavy atom. The van der Waals surface area contributed by atoms with Gasteiger partial charge >= 0.3 is 0 Å². The van der Waals surface area contributed by atoms with Crippen molar-refractivity contribution in [3.8, 4) is 0 Å². The molecule has 3 aromatic heterocycles. The summed E-state index contributed by atoms with van der Waals surface area (Å²) in [7, 11) is 1.79. The number of amides is 1. The van der Waals surface area contributed by atoms with E-state index in [0.29, 0.717) is 29.2 Å². The number of aromatic nitrogens is 5. The van der Waals surface area contributed by atoms with Crippen LogP contribution in [0.2, 0.25) is 0 Å². The van der Waals surface area contributed by atoms with Crippen LogP contribution in [0.15, 0.2) is 58.7 Å². The van der Waals surface area contributed by atoms with Gasteiger partial charge in [-0.25, -0.2) is 4.98 Å². The molecule has 4 rings (SSSR count). The molecule has 0 aliphatic rings. The third-order valence-electron chi connectivity index (χ3n) is 4.56. The summed E-state index contributed by atoms with van der Waals surface area (Å²) in [6.45, 7) is 2.62. The Morgan fingerprint density at radius 1 is 1.25 bits per heavy atom. The van der Waals surface area contributed by atoms with E-state index in [2.05, 4.69) is 30.8 Å². The lowest BCUT2D eigenvalue weighted by Gasteiger charge is -2.14. The smallest absolute Gasteiger partial charge is 0.238 e. The largest absolute Gasteiger partial charge is 0.395 e. The maximum absolute atomic E-state index is 12.1. The second-order valence-electron chi connectivity index (χ2n) is 7.26. The zero-order valence-electron chi connectivity index (χ0n) is 17.7. The number of hydrogen-bond acceptors (Lipinski definition) is 8. The van der Waals surface area contributed by atoms with Crippen molar-refractivity contribution in [2.45, 2.75) is 17.0 Å². The highest BCUT2D eigenvalue weighted by atomic mass is 32.2. The van der Waals surface area contributed by atoms with Crippen molar-refractivity contribution in [2.24, 2.45) is 0 Å². The number of aliphatic hydroxyl groups is 1. The molecule has 1 amide bonds.